The summed E-state index contributed by atoms with van der Waals surface area (Å²) in [6.45, 7) is 8.46. The Hall–Kier alpha value is -3.85. The van der Waals surface area contributed by atoms with Gasteiger partial charge in [-0.2, -0.15) is 0 Å². The van der Waals surface area contributed by atoms with Gasteiger partial charge in [-0.3, -0.25) is 9.36 Å². The molecule has 0 fully saturated rings. The van der Waals surface area contributed by atoms with Crippen molar-refractivity contribution >= 4 is 29.1 Å². The molecule has 0 bridgehead atoms. The number of nitrogens with zero attached hydrogens (tertiary/aromatic N) is 3. The summed E-state index contributed by atoms with van der Waals surface area (Å²) < 4.78 is 19.1. The Morgan fingerprint density at radius 3 is 2.34 bits per heavy atom. The van der Waals surface area contributed by atoms with E-state index >= 15 is 0 Å². The topological polar surface area (TPSA) is 82.4 Å². The summed E-state index contributed by atoms with van der Waals surface area (Å²) in [6.07, 6.45) is 1.85. The summed E-state index contributed by atoms with van der Waals surface area (Å²) in [4.78, 5) is 34.2. The van der Waals surface area contributed by atoms with Crippen LogP contribution in [0.3, 0.4) is 0 Å². The molecule has 4 rings (SSSR count). The lowest BCUT2D eigenvalue weighted by molar-refractivity contribution is -0.139. The monoisotopic (exact) mass is 535 g/mol. The molecule has 1 aliphatic rings. The SMILES string of the molecule is CCOC(=O)C1=C(C)N=c2s/c(=C\c3ccc(N(C)C)cc3)c(=O)n2[C@H]1c1ccc(OCC)c(OCC)c1. The lowest BCUT2D eigenvalue weighted by atomic mass is 9.95. The number of hydrogen-bond donors (Lipinski definition) is 0. The van der Waals surface area contributed by atoms with Crippen LogP contribution in [-0.4, -0.2) is 44.5 Å². The van der Waals surface area contributed by atoms with Crippen molar-refractivity contribution in [1.82, 2.24) is 4.57 Å². The zero-order valence-electron chi connectivity index (χ0n) is 22.6. The number of thiazole rings is 1. The fourth-order valence-corrected chi connectivity index (χ4v) is 5.41. The molecule has 2 aromatic carbocycles. The van der Waals surface area contributed by atoms with Gasteiger partial charge in [-0.05, 0) is 69.2 Å². The zero-order valence-corrected chi connectivity index (χ0v) is 23.4. The quantitative estimate of drug-likeness (QED) is 0.389. The van der Waals surface area contributed by atoms with Gasteiger partial charge >= 0.3 is 5.97 Å². The maximum atomic E-state index is 13.8. The van der Waals surface area contributed by atoms with Crippen LogP contribution < -0.4 is 29.3 Å². The first-order chi connectivity index (χ1) is 18.3. The van der Waals surface area contributed by atoms with E-state index in [0.29, 0.717) is 50.9 Å². The minimum absolute atomic E-state index is 0.211. The van der Waals surface area contributed by atoms with Crippen LogP contribution in [0.5, 0.6) is 11.5 Å². The summed E-state index contributed by atoms with van der Waals surface area (Å²) in [5.74, 6) is 0.650. The fourth-order valence-electron chi connectivity index (χ4n) is 4.36. The van der Waals surface area contributed by atoms with Crippen LogP contribution in [-0.2, 0) is 9.53 Å². The first kappa shape index (κ1) is 27.2. The van der Waals surface area contributed by atoms with E-state index in [4.69, 9.17) is 14.2 Å². The molecule has 0 N–H and O–H groups in total. The maximum absolute atomic E-state index is 13.8. The second-order valence-electron chi connectivity index (χ2n) is 8.86. The first-order valence-corrected chi connectivity index (χ1v) is 13.5. The van der Waals surface area contributed by atoms with Crippen molar-refractivity contribution in [1.29, 1.82) is 0 Å². The Bertz CT molecular complexity index is 1530. The van der Waals surface area contributed by atoms with Gasteiger partial charge in [0, 0.05) is 19.8 Å². The van der Waals surface area contributed by atoms with Gasteiger partial charge in [0.15, 0.2) is 16.3 Å². The van der Waals surface area contributed by atoms with Gasteiger partial charge in [-0.15, -0.1) is 0 Å². The van der Waals surface area contributed by atoms with Crippen molar-refractivity contribution in [2.75, 3.05) is 38.8 Å². The molecule has 38 heavy (non-hydrogen) atoms. The molecule has 0 amide bonds. The highest BCUT2D eigenvalue weighted by Crippen LogP contribution is 2.36. The van der Waals surface area contributed by atoms with Gasteiger partial charge in [-0.1, -0.05) is 29.5 Å². The lowest BCUT2D eigenvalue weighted by Gasteiger charge is -2.25. The normalized spacial score (nSPS) is 15.1. The van der Waals surface area contributed by atoms with Gasteiger partial charge in [0.25, 0.3) is 5.56 Å². The number of rotatable bonds is 9. The van der Waals surface area contributed by atoms with E-state index in [-0.39, 0.29) is 12.2 Å². The number of esters is 1. The van der Waals surface area contributed by atoms with Crippen LogP contribution in [0, 0.1) is 0 Å². The number of anilines is 1. The third-order valence-electron chi connectivity index (χ3n) is 6.11. The number of fused-ring (bicyclic) bond motifs is 1. The van der Waals surface area contributed by atoms with Gasteiger partial charge in [0.05, 0.1) is 41.7 Å². The molecular weight excluding hydrogens is 502 g/mol. The maximum Gasteiger partial charge on any atom is 0.338 e. The van der Waals surface area contributed by atoms with Crippen LogP contribution >= 0.6 is 11.3 Å². The summed E-state index contributed by atoms with van der Waals surface area (Å²) in [5, 5.41) is 0. The molecule has 9 heteroatoms. The average molecular weight is 536 g/mol. The second kappa shape index (κ2) is 11.7. The van der Waals surface area contributed by atoms with E-state index in [1.165, 1.54) is 11.3 Å². The Morgan fingerprint density at radius 1 is 1.03 bits per heavy atom. The molecule has 0 spiro atoms. The van der Waals surface area contributed by atoms with Crippen molar-refractivity contribution < 1.29 is 19.0 Å². The number of ether oxygens (including phenoxy) is 3. The highest BCUT2D eigenvalue weighted by atomic mass is 32.1. The zero-order chi connectivity index (χ0) is 27.4. The molecule has 8 nitrogen and oxygen atoms in total. The third kappa shape index (κ3) is 5.38. The standard InChI is InChI=1S/C29H33N3O5S/c1-7-35-22-15-12-20(17-23(22)36-8-2)26-25(28(34)37-9-3)18(4)30-29-32(26)27(33)24(38-29)16-19-10-13-21(14-11-19)31(5)6/h10-17,26H,7-9H2,1-6H3/b24-16-/t26-/m0/s1. The lowest BCUT2D eigenvalue weighted by Crippen LogP contribution is -2.40. The van der Waals surface area contributed by atoms with Crippen LogP contribution in [0.1, 0.15) is 44.9 Å². The van der Waals surface area contributed by atoms with Crippen molar-refractivity contribution in [3.05, 3.63) is 84.5 Å². The predicted octanol–water partition coefficient (Wildman–Crippen LogP) is 3.66. The number of aromatic nitrogens is 1. The molecule has 0 saturated heterocycles. The van der Waals surface area contributed by atoms with Crippen molar-refractivity contribution in [3.63, 3.8) is 0 Å². The largest absolute Gasteiger partial charge is 0.490 e. The molecule has 1 aromatic heterocycles. The number of benzene rings is 2. The number of carbonyl (C=O) groups excluding carboxylic acids is 1. The van der Waals surface area contributed by atoms with Gasteiger partial charge in [0.2, 0.25) is 0 Å². The van der Waals surface area contributed by atoms with Crippen LogP contribution in [0.2, 0.25) is 0 Å². The second-order valence-corrected chi connectivity index (χ2v) is 9.87. The molecule has 2 heterocycles. The van der Waals surface area contributed by atoms with Crippen molar-refractivity contribution in [2.45, 2.75) is 33.7 Å². The van der Waals surface area contributed by atoms with Crippen LogP contribution in [0.15, 0.2) is 63.5 Å². The Morgan fingerprint density at radius 2 is 1.71 bits per heavy atom. The summed E-state index contributed by atoms with van der Waals surface area (Å²) in [6, 6.07) is 12.7. The number of allylic oxidation sites excluding steroid dienone is 1. The minimum Gasteiger partial charge on any atom is -0.490 e. The van der Waals surface area contributed by atoms with Crippen molar-refractivity contribution in [3.8, 4) is 11.5 Å². The Kier molecular flexibility index (Phi) is 8.36. The molecule has 200 valence electrons. The van der Waals surface area contributed by atoms with Gasteiger partial charge < -0.3 is 19.1 Å². The molecular formula is C29H33N3O5S. The summed E-state index contributed by atoms with van der Waals surface area (Å²) >= 11 is 1.30. The number of hydrogen-bond acceptors (Lipinski definition) is 8. The Labute approximate surface area is 226 Å². The van der Waals surface area contributed by atoms with E-state index in [9.17, 15) is 9.59 Å². The van der Waals surface area contributed by atoms with E-state index < -0.39 is 12.0 Å². The van der Waals surface area contributed by atoms with E-state index in [1.54, 1.807) is 18.4 Å². The van der Waals surface area contributed by atoms with Crippen LogP contribution in [0.25, 0.3) is 6.08 Å². The fraction of sp³-hybridized carbons (Fsp3) is 0.345. The van der Waals surface area contributed by atoms with E-state index in [0.717, 1.165) is 11.3 Å². The van der Waals surface area contributed by atoms with E-state index in [1.807, 2.05) is 81.4 Å². The average Bonchev–Trinajstić information content (AvgIpc) is 3.19. The third-order valence-corrected chi connectivity index (χ3v) is 7.09. The first-order valence-electron chi connectivity index (χ1n) is 12.7. The van der Waals surface area contributed by atoms with Crippen LogP contribution in [0.4, 0.5) is 5.69 Å². The molecule has 0 unspecified atom stereocenters. The minimum atomic E-state index is -0.724. The van der Waals surface area contributed by atoms with E-state index in [2.05, 4.69) is 4.99 Å². The number of carbonyl (C=O) groups is 1. The molecule has 0 saturated carbocycles. The molecule has 1 atom stereocenters. The van der Waals surface area contributed by atoms with Crippen molar-refractivity contribution in [2.24, 2.45) is 4.99 Å². The molecule has 0 radical (unpaired) electrons. The Balaban J connectivity index is 1.91. The molecule has 1 aliphatic heterocycles. The smallest absolute Gasteiger partial charge is 0.338 e. The molecule has 0 aliphatic carbocycles. The van der Waals surface area contributed by atoms with Gasteiger partial charge in [0.1, 0.15) is 0 Å². The predicted molar refractivity (Wildman–Crippen MR) is 150 cm³/mol. The van der Waals surface area contributed by atoms with Gasteiger partial charge in [-0.25, -0.2) is 9.79 Å². The highest BCUT2D eigenvalue weighted by molar-refractivity contribution is 7.07. The highest BCUT2D eigenvalue weighted by Gasteiger charge is 2.34. The summed E-state index contributed by atoms with van der Waals surface area (Å²) in [5.41, 5.74) is 3.29. The molecule has 3 aromatic rings. The summed E-state index contributed by atoms with van der Waals surface area (Å²) in [7, 11) is 3.96.